The largest absolute Gasteiger partial charge is 0.368 e. The monoisotopic (exact) mass is 264 g/mol. The van der Waals surface area contributed by atoms with E-state index in [0.29, 0.717) is 18.3 Å². The maximum Gasteiger partial charge on any atom is 0.252 e. The zero-order valence-corrected chi connectivity index (χ0v) is 12.0. The van der Waals surface area contributed by atoms with Gasteiger partial charge in [-0.05, 0) is 24.7 Å². The average molecular weight is 264 g/mol. The van der Waals surface area contributed by atoms with Gasteiger partial charge in [0.1, 0.15) is 11.6 Å². The molecule has 0 aliphatic heterocycles. The van der Waals surface area contributed by atoms with Gasteiger partial charge in [0.2, 0.25) is 0 Å². The highest BCUT2D eigenvalue weighted by Gasteiger charge is 2.26. The summed E-state index contributed by atoms with van der Waals surface area (Å²) in [5.41, 5.74) is 6.20. The molecule has 2 rings (SSSR count). The molecule has 1 aromatic rings. The van der Waals surface area contributed by atoms with Gasteiger partial charge in [0.25, 0.3) is 5.56 Å². The molecule has 1 aliphatic carbocycles. The Balaban J connectivity index is 1.94. The van der Waals surface area contributed by atoms with Gasteiger partial charge in [-0.25, -0.2) is 4.98 Å². The van der Waals surface area contributed by atoms with Gasteiger partial charge in [-0.15, -0.1) is 0 Å². The molecule has 1 aliphatic rings. The number of nitrogens with zero attached hydrogens (tertiary/aromatic N) is 1. The summed E-state index contributed by atoms with van der Waals surface area (Å²) >= 11 is 0. The Morgan fingerprint density at radius 2 is 2.21 bits per heavy atom. The Hall–Kier alpha value is -1.36. The van der Waals surface area contributed by atoms with Crippen molar-refractivity contribution in [3.8, 4) is 0 Å². The van der Waals surface area contributed by atoms with Gasteiger partial charge in [-0.3, -0.25) is 4.79 Å². The third-order valence-electron chi connectivity index (χ3n) is 3.14. The molecule has 0 spiro atoms. The molecule has 4 N–H and O–H groups in total. The van der Waals surface area contributed by atoms with Crippen LogP contribution in [0.1, 0.15) is 51.8 Å². The molecule has 1 heterocycles. The minimum absolute atomic E-state index is 0.0606. The minimum Gasteiger partial charge on any atom is -0.368 e. The lowest BCUT2D eigenvalue weighted by molar-refractivity contribution is 0.344. The molecular weight excluding hydrogens is 240 g/mol. The highest BCUT2D eigenvalue weighted by Crippen LogP contribution is 2.37. The lowest BCUT2D eigenvalue weighted by atomic mass is 9.88. The summed E-state index contributed by atoms with van der Waals surface area (Å²) in [6.45, 7) is 7.15. The molecule has 106 valence electrons. The number of aromatic amines is 1. The maximum atomic E-state index is 11.6. The van der Waals surface area contributed by atoms with E-state index < -0.39 is 0 Å². The van der Waals surface area contributed by atoms with E-state index in [2.05, 4.69) is 36.1 Å². The summed E-state index contributed by atoms with van der Waals surface area (Å²) in [4.78, 5) is 18.8. The Morgan fingerprint density at radius 3 is 2.79 bits per heavy atom. The topological polar surface area (TPSA) is 83.8 Å². The van der Waals surface area contributed by atoms with Crippen molar-refractivity contribution in [3.05, 3.63) is 22.2 Å². The van der Waals surface area contributed by atoms with Crippen LogP contribution in [0, 0.1) is 5.41 Å². The van der Waals surface area contributed by atoms with E-state index in [9.17, 15) is 4.79 Å². The molecule has 0 saturated heterocycles. The fraction of sp³-hybridized carbons (Fsp3) is 0.714. The molecule has 0 bridgehead atoms. The smallest absolute Gasteiger partial charge is 0.252 e. The van der Waals surface area contributed by atoms with Crippen molar-refractivity contribution < 1.29 is 0 Å². The first-order chi connectivity index (χ1) is 8.83. The van der Waals surface area contributed by atoms with Crippen LogP contribution in [0.3, 0.4) is 0 Å². The first-order valence-corrected chi connectivity index (χ1v) is 6.94. The van der Waals surface area contributed by atoms with Crippen molar-refractivity contribution in [3.63, 3.8) is 0 Å². The molecule has 0 amide bonds. The van der Waals surface area contributed by atoms with E-state index in [4.69, 9.17) is 5.73 Å². The number of H-pyrrole nitrogens is 1. The maximum absolute atomic E-state index is 11.6. The number of nitrogens with two attached hydrogens (primary N) is 1. The third-order valence-corrected chi connectivity index (χ3v) is 3.14. The van der Waals surface area contributed by atoms with Crippen LogP contribution in [-0.2, 0) is 0 Å². The number of aromatic nitrogens is 2. The molecule has 0 aromatic carbocycles. The van der Waals surface area contributed by atoms with E-state index in [-0.39, 0.29) is 17.0 Å². The molecule has 0 radical (unpaired) electrons. The van der Waals surface area contributed by atoms with Crippen molar-refractivity contribution in [2.24, 2.45) is 11.1 Å². The second-order valence-corrected chi connectivity index (χ2v) is 6.70. The van der Waals surface area contributed by atoms with Gasteiger partial charge < -0.3 is 16.0 Å². The van der Waals surface area contributed by atoms with Gasteiger partial charge >= 0.3 is 0 Å². The van der Waals surface area contributed by atoms with Crippen LogP contribution < -0.4 is 16.6 Å². The number of nitrogens with one attached hydrogen (secondary N) is 2. The SMILES string of the molecule is CC(C)(C)CC(N)CNc1cc(=O)[nH]c(C2CC2)n1. The van der Waals surface area contributed by atoms with E-state index in [1.54, 1.807) is 0 Å². The number of anilines is 1. The normalized spacial score (nSPS) is 17.3. The first kappa shape index (κ1) is 14.1. The molecule has 1 aromatic heterocycles. The lowest BCUT2D eigenvalue weighted by Crippen LogP contribution is -2.33. The second-order valence-electron chi connectivity index (χ2n) is 6.70. The molecular formula is C14H24N4O. The number of rotatable bonds is 5. The molecule has 1 unspecified atom stereocenters. The Kier molecular flexibility index (Phi) is 3.94. The fourth-order valence-electron chi connectivity index (χ4n) is 2.21. The highest BCUT2D eigenvalue weighted by molar-refractivity contribution is 5.34. The molecule has 1 atom stereocenters. The minimum atomic E-state index is -0.0937. The van der Waals surface area contributed by atoms with Gasteiger partial charge in [0.15, 0.2) is 0 Å². The first-order valence-electron chi connectivity index (χ1n) is 6.94. The van der Waals surface area contributed by atoms with Gasteiger partial charge in [0, 0.05) is 24.6 Å². The molecule has 5 nitrogen and oxygen atoms in total. The van der Waals surface area contributed by atoms with Crippen LogP contribution in [0.5, 0.6) is 0 Å². The van der Waals surface area contributed by atoms with Gasteiger partial charge in [-0.2, -0.15) is 0 Å². The van der Waals surface area contributed by atoms with Gasteiger partial charge in [-0.1, -0.05) is 20.8 Å². The van der Waals surface area contributed by atoms with Crippen molar-refractivity contribution in [2.45, 2.75) is 52.0 Å². The van der Waals surface area contributed by atoms with Crippen LogP contribution in [0.15, 0.2) is 10.9 Å². The molecule has 1 fully saturated rings. The van der Waals surface area contributed by atoms with Gasteiger partial charge in [0.05, 0.1) is 0 Å². The lowest BCUT2D eigenvalue weighted by Gasteiger charge is -2.23. The van der Waals surface area contributed by atoms with Crippen LogP contribution >= 0.6 is 0 Å². The number of hydrogen-bond donors (Lipinski definition) is 3. The zero-order chi connectivity index (χ0) is 14.0. The second kappa shape index (κ2) is 5.33. The van der Waals surface area contributed by atoms with Crippen LogP contribution in [0.4, 0.5) is 5.82 Å². The molecule has 19 heavy (non-hydrogen) atoms. The molecule has 1 saturated carbocycles. The van der Waals surface area contributed by atoms with E-state index in [1.165, 1.54) is 6.07 Å². The van der Waals surface area contributed by atoms with Crippen molar-refractivity contribution in [2.75, 3.05) is 11.9 Å². The Morgan fingerprint density at radius 1 is 1.53 bits per heavy atom. The molecule has 5 heteroatoms. The quantitative estimate of drug-likeness (QED) is 0.757. The van der Waals surface area contributed by atoms with Crippen molar-refractivity contribution >= 4 is 5.82 Å². The summed E-state index contributed by atoms with van der Waals surface area (Å²) in [6, 6.07) is 1.56. The highest BCUT2D eigenvalue weighted by atomic mass is 16.1. The number of hydrogen-bond acceptors (Lipinski definition) is 4. The summed E-state index contributed by atoms with van der Waals surface area (Å²) in [6.07, 6.45) is 3.17. The van der Waals surface area contributed by atoms with Crippen molar-refractivity contribution in [1.29, 1.82) is 0 Å². The predicted octanol–water partition coefficient (Wildman–Crippen LogP) is 1.82. The summed E-state index contributed by atoms with van der Waals surface area (Å²) < 4.78 is 0. The summed E-state index contributed by atoms with van der Waals surface area (Å²) in [7, 11) is 0. The average Bonchev–Trinajstić information content (AvgIpc) is 3.07. The Bertz CT molecular complexity index is 485. The zero-order valence-electron chi connectivity index (χ0n) is 12.0. The van der Waals surface area contributed by atoms with Crippen LogP contribution in [-0.4, -0.2) is 22.6 Å². The predicted molar refractivity (Wildman–Crippen MR) is 77.4 cm³/mol. The van der Waals surface area contributed by atoms with E-state index >= 15 is 0 Å². The summed E-state index contributed by atoms with van der Waals surface area (Å²) in [5, 5.41) is 3.17. The van der Waals surface area contributed by atoms with E-state index in [1.807, 2.05) is 0 Å². The summed E-state index contributed by atoms with van der Waals surface area (Å²) in [5.74, 6) is 1.88. The fourth-order valence-corrected chi connectivity index (χ4v) is 2.21. The van der Waals surface area contributed by atoms with Crippen LogP contribution in [0.2, 0.25) is 0 Å². The van der Waals surface area contributed by atoms with Crippen molar-refractivity contribution in [1.82, 2.24) is 9.97 Å². The third kappa shape index (κ3) is 4.67. The Labute approximate surface area is 114 Å². The van der Waals surface area contributed by atoms with Crippen LogP contribution in [0.25, 0.3) is 0 Å². The standard InChI is InChI=1S/C14H24N4O/c1-14(2,3)7-10(15)8-16-11-6-12(19)18-13(17-11)9-4-5-9/h6,9-10H,4-5,7-8,15H2,1-3H3,(H2,16,17,18,19). The van der Waals surface area contributed by atoms with E-state index in [0.717, 1.165) is 25.1 Å².